The van der Waals surface area contributed by atoms with E-state index in [0.717, 1.165) is 16.2 Å². The smallest absolute Gasteiger partial charge is 0.251 e. The lowest BCUT2D eigenvalue weighted by atomic mass is 10.1. The first-order valence-electron chi connectivity index (χ1n) is 8.63. The Morgan fingerprint density at radius 2 is 2.11 bits per heavy atom. The number of amides is 2. The minimum atomic E-state index is -0.169. The number of hydrogen-bond donors (Lipinski definition) is 2. The Balaban J connectivity index is 1.71. The van der Waals surface area contributed by atoms with Crippen molar-refractivity contribution >= 4 is 29.3 Å². The molecule has 0 fully saturated rings. The number of likely N-dealkylation sites (N-methyl/N-ethyl adjacent to an activating group) is 1. The van der Waals surface area contributed by atoms with E-state index in [1.165, 1.54) is 11.8 Å². The van der Waals surface area contributed by atoms with Gasteiger partial charge in [0.1, 0.15) is 5.75 Å². The van der Waals surface area contributed by atoms with Crippen molar-refractivity contribution in [1.82, 2.24) is 10.2 Å². The van der Waals surface area contributed by atoms with Crippen molar-refractivity contribution in [3.63, 3.8) is 0 Å². The van der Waals surface area contributed by atoms with Gasteiger partial charge in [-0.15, -0.1) is 11.8 Å². The van der Waals surface area contributed by atoms with Gasteiger partial charge < -0.3 is 20.3 Å². The van der Waals surface area contributed by atoms with Crippen molar-refractivity contribution in [2.45, 2.75) is 10.9 Å². The van der Waals surface area contributed by atoms with E-state index in [9.17, 15) is 9.59 Å². The van der Waals surface area contributed by atoms with Gasteiger partial charge in [-0.25, -0.2) is 0 Å². The molecule has 1 aliphatic heterocycles. The third kappa shape index (κ3) is 4.61. The third-order valence-corrected chi connectivity index (χ3v) is 5.51. The van der Waals surface area contributed by atoms with Crippen LogP contribution in [-0.2, 0) is 4.79 Å². The highest BCUT2D eigenvalue weighted by atomic mass is 32.2. The molecule has 0 spiro atoms. The molecule has 3 rings (SSSR count). The van der Waals surface area contributed by atoms with Crippen LogP contribution in [0.15, 0.2) is 47.4 Å². The van der Waals surface area contributed by atoms with E-state index in [1.54, 1.807) is 19.2 Å². The molecule has 0 saturated carbocycles. The van der Waals surface area contributed by atoms with Crippen molar-refractivity contribution in [3.05, 3.63) is 53.6 Å². The first kappa shape index (κ1) is 19.3. The van der Waals surface area contributed by atoms with Gasteiger partial charge in [0.25, 0.3) is 5.91 Å². The molecule has 1 atom stereocenters. The summed E-state index contributed by atoms with van der Waals surface area (Å²) in [6.45, 7) is 0.456. The summed E-state index contributed by atoms with van der Waals surface area (Å²) < 4.78 is 5.30. The second-order valence-corrected chi connectivity index (χ2v) is 7.53. The number of carbonyl (C=O) groups excluding carboxylic acids is 2. The Labute approximate surface area is 163 Å². The number of fused-ring (bicyclic) bond motifs is 1. The fraction of sp³-hybridized carbons (Fsp3) is 0.300. The molecule has 142 valence electrons. The number of nitrogens with zero attached hydrogens (tertiary/aromatic N) is 1. The van der Waals surface area contributed by atoms with Crippen LogP contribution in [-0.4, -0.2) is 50.2 Å². The zero-order valence-corrected chi connectivity index (χ0v) is 16.4. The fourth-order valence-corrected chi connectivity index (χ4v) is 3.75. The lowest BCUT2D eigenvalue weighted by molar-refractivity contribution is -0.113. The summed E-state index contributed by atoms with van der Waals surface area (Å²) in [5, 5.41) is 5.81. The van der Waals surface area contributed by atoms with Crippen molar-refractivity contribution in [2.75, 3.05) is 38.8 Å². The van der Waals surface area contributed by atoms with Crippen molar-refractivity contribution in [3.8, 4) is 5.75 Å². The number of benzene rings is 2. The average molecular weight is 385 g/mol. The van der Waals surface area contributed by atoms with Gasteiger partial charge in [0.15, 0.2) is 0 Å². The van der Waals surface area contributed by atoms with E-state index in [1.807, 2.05) is 44.4 Å². The van der Waals surface area contributed by atoms with Gasteiger partial charge in [0.05, 0.1) is 24.6 Å². The molecule has 0 aliphatic carbocycles. The van der Waals surface area contributed by atoms with Gasteiger partial charge in [0, 0.05) is 17.0 Å². The summed E-state index contributed by atoms with van der Waals surface area (Å²) in [5.74, 6) is 0.977. The maximum absolute atomic E-state index is 12.6. The predicted octanol–water partition coefficient (Wildman–Crippen LogP) is 2.77. The number of ether oxygens (including phenoxy) is 1. The first-order chi connectivity index (χ1) is 13.0. The molecule has 0 radical (unpaired) electrons. The molecule has 0 saturated heterocycles. The van der Waals surface area contributed by atoms with E-state index in [2.05, 4.69) is 15.5 Å². The van der Waals surface area contributed by atoms with E-state index < -0.39 is 0 Å². The summed E-state index contributed by atoms with van der Waals surface area (Å²) in [7, 11) is 5.59. The van der Waals surface area contributed by atoms with Crippen LogP contribution in [0.3, 0.4) is 0 Å². The third-order valence-electron chi connectivity index (χ3n) is 4.43. The molecular weight excluding hydrogens is 362 g/mol. The Morgan fingerprint density at radius 1 is 1.30 bits per heavy atom. The quantitative estimate of drug-likeness (QED) is 0.800. The zero-order valence-electron chi connectivity index (χ0n) is 15.6. The van der Waals surface area contributed by atoms with Crippen LogP contribution in [0, 0.1) is 0 Å². The van der Waals surface area contributed by atoms with Crippen LogP contribution in [0.2, 0.25) is 0 Å². The molecule has 2 amide bonds. The maximum atomic E-state index is 12.6. The Morgan fingerprint density at radius 3 is 2.85 bits per heavy atom. The molecule has 1 heterocycles. The summed E-state index contributed by atoms with van der Waals surface area (Å²) in [4.78, 5) is 27.2. The Bertz CT molecular complexity index is 854. The number of rotatable bonds is 6. The molecule has 0 bridgehead atoms. The SMILES string of the molecule is COc1cccc([C@@H](CNC(=O)c2ccc3c(c2)NC(=O)CS3)N(C)C)c1. The molecular formula is C20H23N3O3S. The minimum absolute atomic E-state index is 0.0111. The lowest BCUT2D eigenvalue weighted by Gasteiger charge is -2.25. The van der Waals surface area contributed by atoms with E-state index in [0.29, 0.717) is 23.5 Å². The lowest BCUT2D eigenvalue weighted by Crippen LogP contribution is -2.34. The van der Waals surface area contributed by atoms with Crippen LogP contribution >= 0.6 is 11.8 Å². The van der Waals surface area contributed by atoms with Crippen molar-refractivity contribution in [1.29, 1.82) is 0 Å². The molecule has 6 nitrogen and oxygen atoms in total. The number of carbonyl (C=O) groups is 2. The van der Waals surface area contributed by atoms with E-state index in [4.69, 9.17) is 4.74 Å². The fourth-order valence-electron chi connectivity index (χ4n) is 2.96. The summed E-state index contributed by atoms with van der Waals surface area (Å²) in [6.07, 6.45) is 0. The van der Waals surface area contributed by atoms with E-state index >= 15 is 0 Å². The zero-order chi connectivity index (χ0) is 19.4. The second kappa shape index (κ2) is 8.45. The Kier molecular flexibility index (Phi) is 6.03. The predicted molar refractivity (Wildman–Crippen MR) is 108 cm³/mol. The van der Waals surface area contributed by atoms with Crippen LogP contribution in [0.4, 0.5) is 5.69 Å². The molecule has 7 heteroatoms. The van der Waals surface area contributed by atoms with Gasteiger partial charge in [0.2, 0.25) is 5.91 Å². The largest absolute Gasteiger partial charge is 0.497 e. The van der Waals surface area contributed by atoms with Gasteiger partial charge >= 0.3 is 0 Å². The molecule has 1 aliphatic rings. The molecule has 2 aromatic rings. The van der Waals surface area contributed by atoms with E-state index in [-0.39, 0.29) is 17.9 Å². The van der Waals surface area contributed by atoms with Crippen molar-refractivity contribution in [2.24, 2.45) is 0 Å². The monoisotopic (exact) mass is 385 g/mol. The number of thioether (sulfide) groups is 1. The summed E-state index contributed by atoms with van der Waals surface area (Å²) in [5.41, 5.74) is 2.29. The minimum Gasteiger partial charge on any atom is -0.497 e. The molecule has 0 aromatic heterocycles. The van der Waals surface area contributed by atoms with Gasteiger partial charge in [-0.1, -0.05) is 12.1 Å². The van der Waals surface area contributed by atoms with Crippen LogP contribution in [0.5, 0.6) is 5.75 Å². The van der Waals surface area contributed by atoms with Crippen LogP contribution in [0.1, 0.15) is 22.0 Å². The highest BCUT2D eigenvalue weighted by molar-refractivity contribution is 8.00. The van der Waals surface area contributed by atoms with Gasteiger partial charge in [-0.05, 0) is 50.0 Å². The highest BCUT2D eigenvalue weighted by Gasteiger charge is 2.19. The highest BCUT2D eigenvalue weighted by Crippen LogP contribution is 2.32. The average Bonchev–Trinajstić information content (AvgIpc) is 2.67. The number of methoxy groups -OCH3 is 1. The molecule has 2 N–H and O–H groups in total. The molecule has 2 aromatic carbocycles. The maximum Gasteiger partial charge on any atom is 0.251 e. The van der Waals surface area contributed by atoms with Gasteiger partial charge in [-0.3, -0.25) is 9.59 Å². The second-order valence-electron chi connectivity index (χ2n) is 6.51. The summed E-state index contributed by atoms with van der Waals surface area (Å²) in [6, 6.07) is 13.2. The van der Waals surface area contributed by atoms with Crippen LogP contribution in [0.25, 0.3) is 0 Å². The number of anilines is 1. The van der Waals surface area contributed by atoms with Gasteiger partial charge in [-0.2, -0.15) is 0 Å². The molecule has 27 heavy (non-hydrogen) atoms. The van der Waals surface area contributed by atoms with Crippen LogP contribution < -0.4 is 15.4 Å². The first-order valence-corrected chi connectivity index (χ1v) is 9.62. The van der Waals surface area contributed by atoms with Crippen molar-refractivity contribution < 1.29 is 14.3 Å². The standard InChI is InChI=1S/C20H23N3O3S/c1-23(2)17(13-5-4-6-15(9-13)26-3)11-21-20(25)14-7-8-18-16(10-14)22-19(24)12-27-18/h4-10,17H,11-12H2,1-3H3,(H,21,25)(H,22,24)/t17-/m1/s1. The normalized spacial score (nSPS) is 14.3. The number of hydrogen-bond acceptors (Lipinski definition) is 5. The topological polar surface area (TPSA) is 70.7 Å². The Hall–Kier alpha value is -2.51. The summed E-state index contributed by atoms with van der Waals surface area (Å²) >= 11 is 1.48. The number of nitrogens with one attached hydrogen (secondary N) is 2. The molecule has 0 unspecified atom stereocenters.